The Morgan fingerprint density at radius 1 is 0.758 bits per heavy atom. The van der Waals surface area contributed by atoms with E-state index in [0.717, 1.165) is 6.07 Å². The van der Waals surface area contributed by atoms with Crippen LogP contribution in [0.5, 0.6) is 11.5 Å². The fourth-order valence-corrected chi connectivity index (χ4v) is 5.08. The van der Waals surface area contributed by atoms with E-state index in [1.54, 1.807) is 12.1 Å². The first-order valence-electron chi connectivity index (χ1n) is 9.54. The predicted molar refractivity (Wildman–Crippen MR) is 124 cm³/mol. The van der Waals surface area contributed by atoms with E-state index in [1.165, 1.54) is 69.7 Å². The molecule has 0 atom stereocenters. The molecule has 174 valence electrons. The number of nitrogens with one attached hydrogen (secondary N) is 2. The largest absolute Gasteiger partial charge is 0.497 e. The van der Waals surface area contributed by atoms with Gasteiger partial charge in [-0.05, 0) is 61.5 Å². The Balaban J connectivity index is 1.94. The monoisotopic (exact) mass is 490 g/mol. The molecule has 0 bridgehead atoms. The molecule has 0 aromatic heterocycles. The number of methoxy groups -OCH3 is 2. The van der Waals surface area contributed by atoms with Crippen molar-refractivity contribution >= 4 is 37.2 Å². The van der Waals surface area contributed by atoms with Gasteiger partial charge in [-0.3, -0.25) is 14.2 Å². The number of carbonyl (C=O) groups excluding carboxylic acids is 1. The number of sulfonamides is 2. The summed E-state index contributed by atoms with van der Waals surface area (Å²) < 4.78 is 66.5. The lowest BCUT2D eigenvalue weighted by Crippen LogP contribution is -2.16. The van der Waals surface area contributed by atoms with Crippen molar-refractivity contribution < 1.29 is 31.1 Å². The Hall–Kier alpha value is -3.57. The van der Waals surface area contributed by atoms with Crippen LogP contribution in [-0.4, -0.2) is 36.8 Å². The molecular weight excluding hydrogens is 468 g/mol. The Morgan fingerprint density at radius 3 is 2.00 bits per heavy atom. The molecule has 0 amide bonds. The minimum atomic E-state index is -4.14. The Labute approximate surface area is 192 Å². The summed E-state index contributed by atoms with van der Waals surface area (Å²) in [5, 5.41) is 0. The van der Waals surface area contributed by atoms with Crippen LogP contribution in [0, 0.1) is 0 Å². The van der Waals surface area contributed by atoms with Gasteiger partial charge in [0.05, 0.1) is 29.7 Å². The summed E-state index contributed by atoms with van der Waals surface area (Å²) in [5.41, 5.74) is 0.447. The molecule has 0 aliphatic rings. The van der Waals surface area contributed by atoms with Gasteiger partial charge in [-0.2, -0.15) is 0 Å². The summed E-state index contributed by atoms with van der Waals surface area (Å²) in [6.07, 6.45) is 0. The maximum atomic E-state index is 12.9. The molecule has 3 aromatic rings. The minimum absolute atomic E-state index is 0.0802. The molecule has 0 heterocycles. The lowest BCUT2D eigenvalue weighted by atomic mass is 10.2. The summed E-state index contributed by atoms with van der Waals surface area (Å²) in [6, 6.07) is 15.6. The van der Waals surface area contributed by atoms with Gasteiger partial charge in [-0.1, -0.05) is 12.1 Å². The number of hydrogen-bond acceptors (Lipinski definition) is 7. The molecule has 0 saturated carbocycles. The van der Waals surface area contributed by atoms with Crippen LogP contribution in [0.2, 0.25) is 0 Å². The van der Waals surface area contributed by atoms with Gasteiger partial charge in [0.2, 0.25) is 0 Å². The number of hydrogen-bond donors (Lipinski definition) is 2. The van der Waals surface area contributed by atoms with Crippen molar-refractivity contribution in [2.45, 2.75) is 16.7 Å². The minimum Gasteiger partial charge on any atom is -0.497 e. The summed E-state index contributed by atoms with van der Waals surface area (Å²) in [7, 11) is -5.36. The van der Waals surface area contributed by atoms with E-state index in [-0.39, 0.29) is 32.6 Å². The topological polar surface area (TPSA) is 128 Å². The smallest absolute Gasteiger partial charge is 0.262 e. The number of ether oxygens (including phenoxy) is 2. The summed E-state index contributed by atoms with van der Waals surface area (Å²) in [6.45, 7) is 1.33. The van der Waals surface area contributed by atoms with E-state index in [1.807, 2.05) is 0 Å². The summed E-state index contributed by atoms with van der Waals surface area (Å²) in [4.78, 5) is 11.3. The third kappa shape index (κ3) is 5.62. The highest BCUT2D eigenvalue weighted by Gasteiger charge is 2.21. The third-order valence-corrected chi connectivity index (χ3v) is 7.36. The molecule has 0 aliphatic carbocycles. The van der Waals surface area contributed by atoms with Crippen molar-refractivity contribution in [2.24, 2.45) is 0 Å². The Bertz CT molecular complexity index is 1380. The quantitative estimate of drug-likeness (QED) is 0.439. The lowest BCUT2D eigenvalue weighted by Gasteiger charge is -2.15. The second-order valence-corrected chi connectivity index (χ2v) is 10.3. The van der Waals surface area contributed by atoms with Crippen LogP contribution in [0.3, 0.4) is 0 Å². The van der Waals surface area contributed by atoms with E-state index < -0.39 is 20.0 Å². The van der Waals surface area contributed by atoms with Gasteiger partial charge in [0.25, 0.3) is 20.0 Å². The molecule has 11 heteroatoms. The van der Waals surface area contributed by atoms with Gasteiger partial charge in [0.1, 0.15) is 11.5 Å². The zero-order valence-corrected chi connectivity index (χ0v) is 19.7. The first-order valence-corrected chi connectivity index (χ1v) is 12.5. The standard InChI is InChI=1S/C22H22N2O7S2/c1-15(25)16-5-4-6-19(13-16)33(28,29)24-21-14-20(11-12-22(21)31-3)32(26,27)23-17-7-9-18(30-2)10-8-17/h4-14,23-24H,1-3H3. The molecule has 0 radical (unpaired) electrons. The van der Waals surface area contributed by atoms with Crippen LogP contribution >= 0.6 is 0 Å². The fourth-order valence-electron chi connectivity index (χ4n) is 2.89. The Morgan fingerprint density at radius 2 is 1.39 bits per heavy atom. The second-order valence-electron chi connectivity index (χ2n) is 6.89. The van der Waals surface area contributed by atoms with Crippen molar-refractivity contribution in [3.63, 3.8) is 0 Å². The highest BCUT2D eigenvalue weighted by molar-refractivity contribution is 7.93. The lowest BCUT2D eigenvalue weighted by molar-refractivity contribution is 0.101. The number of Topliss-reactive ketones (excluding diaryl/α,β-unsaturated/α-hetero) is 1. The van der Waals surface area contributed by atoms with Crippen molar-refractivity contribution in [1.29, 1.82) is 0 Å². The maximum Gasteiger partial charge on any atom is 0.262 e. The van der Waals surface area contributed by atoms with Crippen LogP contribution in [0.25, 0.3) is 0 Å². The summed E-state index contributed by atoms with van der Waals surface area (Å²) in [5.74, 6) is 0.389. The number of ketones is 1. The number of carbonyl (C=O) groups is 1. The van der Waals surface area contributed by atoms with Gasteiger partial charge < -0.3 is 9.47 Å². The molecule has 9 nitrogen and oxygen atoms in total. The molecule has 0 spiro atoms. The van der Waals surface area contributed by atoms with E-state index in [4.69, 9.17) is 9.47 Å². The maximum absolute atomic E-state index is 12.9. The third-order valence-electron chi connectivity index (χ3n) is 4.62. The molecule has 3 aromatic carbocycles. The van der Waals surface area contributed by atoms with E-state index in [2.05, 4.69) is 9.44 Å². The van der Waals surface area contributed by atoms with E-state index in [0.29, 0.717) is 11.4 Å². The van der Waals surface area contributed by atoms with Crippen LogP contribution in [0.1, 0.15) is 17.3 Å². The van der Waals surface area contributed by atoms with Crippen LogP contribution in [-0.2, 0) is 20.0 Å². The van der Waals surface area contributed by atoms with Gasteiger partial charge in [-0.15, -0.1) is 0 Å². The number of anilines is 2. The highest BCUT2D eigenvalue weighted by Crippen LogP contribution is 2.31. The van der Waals surface area contributed by atoms with Crippen molar-refractivity contribution in [2.75, 3.05) is 23.7 Å². The molecule has 33 heavy (non-hydrogen) atoms. The first kappa shape index (κ1) is 24.1. The fraction of sp³-hybridized carbons (Fsp3) is 0.136. The molecule has 3 rings (SSSR count). The normalized spacial score (nSPS) is 11.5. The molecule has 0 aliphatic heterocycles. The van der Waals surface area contributed by atoms with E-state index in [9.17, 15) is 21.6 Å². The summed E-state index contributed by atoms with van der Waals surface area (Å²) >= 11 is 0. The van der Waals surface area contributed by atoms with Gasteiger partial charge >= 0.3 is 0 Å². The number of rotatable bonds is 9. The van der Waals surface area contributed by atoms with Gasteiger partial charge in [-0.25, -0.2) is 16.8 Å². The average molecular weight is 491 g/mol. The molecule has 0 unspecified atom stereocenters. The average Bonchev–Trinajstić information content (AvgIpc) is 2.79. The SMILES string of the molecule is COc1ccc(NS(=O)(=O)c2ccc(OC)c(NS(=O)(=O)c3cccc(C(C)=O)c3)c2)cc1. The zero-order valence-electron chi connectivity index (χ0n) is 18.0. The molecule has 0 fully saturated rings. The van der Waals surface area contributed by atoms with Crippen molar-refractivity contribution in [3.8, 4) is 11.5 Å². The van der Waals surface area contributed by atoms with Crippen LogP contribution < -0.4 is 18.9 Å². The van der Waals surface area contributed by atoms with Gasteiger partial charge in [0, 0.05) is 11.3 Å². The van der Waals surface area contributed by atoms with Crippen molar-refractivity contribution in [1.82, 2.24) is 0 Å². The molecular formula is C22H22N2O7S2. The number of benzene rings is 3. The predicted octanol–water partition coefficient (Wildman–Crippen LogP) is 3.51. The Kier molecular flexibility index (Phi) is 6.94. The van der Waals surface area contributed by atoms with E-state index >= 15 is 0 Å². The highest BCUT2D eigenvalue weighted by atomic mass is 32.2. The second kappa shape index (κ2) is 9.51. The zero-order chi connectivity index (χ0) is 24.2. The molecule has 2 N–H and O–H groups in total. The van der Waals surface area contributed by atoms with Crippen LogP contribution in [0.15, 0.2) is 76.5 Å². The molecule has 0 saturated heterocycles. The van der Waals surface area contributed by atoms with Gasteiger partial charge in [0.15, 0.2) is 5.78 Å². The van der Waals surface area contributed by atoms with Crippen LogP contribution in [0.4, 0.5) is 11.4 Å². The van der Waals surface area contributed by atoms with Crippen molar-refractivity contribution in [3.05, 3.63) is 72.3 Å². The first-order chi connectivity index (χ1) is 15.6.